The van der Waals surface area contributed by atoms with Gasteiger partial charge in [-0.2, -0.15) is 0 Å². The van der Waals surface area contributed by atoms with E-state index in [2.05, 4.69) is 16.7 Å². The molecule has 1 aromatic rings. The summed E-state index contributed by atoms with van der Waals surface area (Å²) in [7, 11) is 1.35. The van der Waals surface area contributed by atoms with Gasteiger partial charge in [-0.1, -0.05) is 12.2 Å². The van der Waals surface area contributed by atoms with Gasteiger partial charge in [-0.05, 0) is 45.6 Å². The highest BCUT2D eigenvalue weighted by atomic mass is 16.5. The van der Waals surface area contributed by atoms with Crippen LogP contribution in [0.3, 0.4) is 0 Å². The van der Waals surface area contributed by atoms with Gasteiger partial charge in [0.2, 0.25) is 0 Å². The van der Waals surface area contributed by atoms with E-state index in [1.165, 1.54) is 7.11 Å². The standard InChI is InChI=1S/C20H28N4O4/c1-6-28-11-15-23-16(18(21)22-4)17(24(15)12-20(2,3)26)13-7-9-14(10-8-13)19(25)27-5/h7,9-10,26H,4,6,8,11-12,21H2,1-3,5H3/b17-13+,18-16+. The second-order valence-electron chi connectivity index (χ2n) is 7.02. The summed E-state index contributed by atoms with van der Waals surface area (Å²) in [5, 5.41) is 11.6. The highest BCUT2D eigenvalue weighted by Gasteiger charge is 2.21. The minimum Gasteiger partial charge on any atom is -0.465 e. The molecule has 152 valence electrons. The van der Waals surface area contributed by atoms with Crippen LogP contribution in [0.4, 0.5) is 0 Å². The van der Waals surface area contributed by atoms with E-state index in [1.807, 2.05) is 17.6 Å². The van der Waals surface area contributed by atoms with Crippen LogP contribution in [0.15, 0.2) is 28.8 Å². The minimum atomic E-state index is -0.990. The Morgan fingerprint density at radius 1 is 1.46 bits per heavy atom. The molecule has 1 aliphatic rings. The molecule has 0 radical (unpaired) electrons. The molecule has 0 amide bonds. The molecule has 0 unspecified atom stereocenters. The van der Waals surface area contributed by atoms with Crippen molar-refractivity contribution in [2.24, 2.45) is 10.7 Å². The number of esters is 1. The Bertz CT molecular complexity index is 933. The number of allylic oxidation sites excluding steroid dienone is 2. The lowest BCUT2D eigenvalue weighted by Gasteiger charge is -2.20. The number of nitrogens with two attached hydrogens (primary N) is 1. The quantitative estimate of drug-likeness (QED) is 0.507. The maximum absolute atomic E-state index is 11.7. The number of imidazole rings is 1. The smallest absolute Gasteiger partial charge is 0.337 e. The van der Waals surface area contributed by atoms with E-state index in [1.54, 1.807) is 26.0 Å². The number of aromatic nitrogens is 2. The number of hydrogen-bond acceptors (Lipinski definition) is 7. The van der Waals surface area contributed by atoms with Crippen molar-refractivity contribution in [1.82, 2.24) is 9.55 Å². The van der Waals surface area contributed by atoms with Gasteiger partial charge in [0, 0.05) is 6.61 Å². The van der Waals surface area contributed by atoms with E-state index in [-0.39, 0.29) is 19.0 Å². The van der Waals surface area contributed by atoms with Gasteiger partial charge in [-0.15, -0.1) is 0 Å². The Morgan fingerprint density at radius 2 is 2.18 bits per heavy atom. The second kappa shape index (κ2) is 8.99. The normalized spacial score (nSPS) is 17.2. The van der Waals surface area contributed by atoms with Crippen LogP contribution < -0.4 is 16.4 Å². The molecule has 8 heteroatoms. The first kappa shape index (κ1) is 21.6. The number of nitrogens with zero attached hydrogens (tertiary/aromatic N) is 3. The molecule has 3 N–H and O–H groups in total. The minimum absolute atomic E-state index is 0.186. The van der Waals surface area contributed by atoms with Gasteiger partial charge in [0.25, 0.3) is 0 Å². The van der Waals surface area contributed by atoms with E-state index in [0.29, 0.717) is 29.8 Å². The maximum Gasteiger partial charge on any atom is 0.337 e. The predicted octanol–water partition coefficient (Wildman–Crippen LogP) is 0.126. The molecular weight excluding hydrogens is 360 g/mol. The van der Waals surface area contributed by atoms with Crippen molar-refractivity contribution in [3.63, 3.8) is 0 Å². The number of carbonyl (C=O) groups is 1. The average molecular weight is 388 g/mol. The van der Waals surface area contributed by atoms with Crippen molar-refractivity contribution in [1.29, 1.82) is 0 Å². The van der Waals surface area contributed by atoms with Gasteiger partial charge in [-0.25, -0.2) is 14.8 Å². The third-order valence-electron chi connectivity index (χ3n) is 4.17. The lowest BCUT2D eigenvalue weighted by molar-refractivity contribution is -0.135. The maximum atomic E-state index is 11.7. The number of aliphatic hydroxyl groups is 1. The van der Waals surface area contributed by atoms with E-state index < -0.39 is 11.6 Å². The predicted molar refractivity (Wildman–Crippen MR) is 108 cm³/mol. The first-order valence-electron chi connectivity index (χ1n) is 9.03. The molecule has 0 saturated carbocycles. The van der Waals surface area contributed by atoms with Crippen LogP contribution in [0.5, 0.6) is 0 Å². The van der Waals surface area contributed by atoms with Gasteiger partial charge in [-0.3, -0.25) is 0 Å². The second-order valence-corrected chi connectivity index (χ2v) is 7.02. The molecule has 1 aliphatic carbocycles. The lowest BCUT2D eigenvalue weighted by Crippen LogP contribution is -2.40. The number of methoxy groups -OCH3 is 1. The fourth-order valence-corrected chi connectivity index (χ4v) is 2.93. The third-order valence-corrected chi connectivity index (χ3v) is 4.17. The Morgan fingerprint density at radius 3 is 2.68 bits per heavy atom. The van der Waals surface area contributed by atoms with Crippen molar-refractivity contribution in [2.75, 3.05) is 13.7 Å². The lowest BCUT2D eigenvalue weighted by atomic mass is 10.0. The molecule has 0 saturated heterocycles. The molecule has 0 atom stereocenters. The van der Waals surface area contributed by atoms with Crippen LogP contribution in [-0.4, -0.2) is 46.7 Å². The number of aliphatic imine (C=N–C) groups is 1. The highest BCUT2D eigenvalue weighted by molar-refractivity contribution is 5.93. The fraction of sp³-hybridized carbons (Fsp3) is 0.450. The van der Waals surface area contributed by atoms with Gasteiger partial charge < -0.3 is 24.9 Å². The Hall–Kier alpha value is -2.71. The molecule has 0 fully saturated rings. The third kappa shape index (κ3) is 4.96. The zero-order valence-electron chi connectivity index (χ0n) is 16.9. The van der Waals surface area contributed by atoms with Crippen LogP contribution >= 0.6 is 0 Å². The van der Waals surface area contributed by atoms with Crippen molar-refractivity contribution < 1.29 is 19.4 Å². The van der Waals surface area contributed by atoms with Crippen LogP contribution in [0.25, 0.3) is 11.4 Å². The van der Waals surface area contributed by atoms with Crippen molar-refractivity contribution >= 4 is 24.1 Å². The van der Waals surface area contributed by atoms with E-state index in [4.69, 9.17) is 15.2 Å². The summed E-state index contributed by atoms with van der Waals surface area (Å²) in [5.41, 5.74) is 6.43. The zero-order chi connectivity index (χ0) is 20.9. The largest absolute Gasteiger partial charge is 0.465 e. The molecular formula is C20H28N4O4. The zero-order valence-corrected chi connectivity index (χ0v) is 16.9. The summed E-state index contributed by atoms with van der Waals surface area (Å²) in [6.07, 6.45) is 5.78. The number of rotatable bonds is 7. The SMILES string of the molecule is C=N/C(N)=c1/nc(COCC)n(CC(C)(C)O)/c1=C1\C=CC(C(=O)OC)=CC1. The highest BCUT2D eigenvalue weighted by Crippen LogP contribution is 2.17. The molecule has 0 aliphatic heterocycles. The Labute approximate surface area is 164 Å². The summed E-state index contributed by atoms with van der Waals surface area (Å²) in [6.45, 7) is 9.92. The van der Waals surface area contributed by atoms with E-state index >= 15 is 0 Å². The first-order valence-corrected chi connectivity index (χ1v) is 9.03. The average Bonchev–Trinajstić information content (AvgIpc) is 3.01. The van der Waals surface area contributed by atoms with Gasteiger partial charge in [0.15, 0.2) is 5.82 Å². The van der Waals surface area contributed by atoms with Crippen molar-refractivity contribution in [2.45, 2.75) is 45.9 Å². The Kier molecular flexibility index (Phi) is 6.93. The number of carbonyl (C=O) groups excluding carboxylic acids is 1. The van der Waals surface area contributed by atoms with E-state index in [0.717, 1.165) is 10.9 Å². The number of ether oxygens (including phenoxy) is 2. The van der Waals surface area contributed by atoms with Crippen LogP contribution in [0.1, 0.15) is 33.0 Å². The monoisotopic (exact) mass is 388 g/mol. The van der Waals surface area contributed by atoms with Crippen LogP contribution in [0, 0.1) is 0 Å². The molecule has 8 nitrogen and oxygen atoms in total. The van der Waals surface area contributed by atoms with Crippen molar-refractivity contribution in [3.8, 4) is 0 Å². The fourth-order valence-electron chi connectivity index (χ4n) is 2.93. The van der Waals surface area contributed by atoms with E-state index in [9.17, 15) is 9.90 Å². The first-order chi connectivity index (χ1) is 13.2. The van der Waals surface area contributed by atoms with Gasteiger partial charge in [0.1, 0.15) is 17.8 Å². The molecule has 1 heterocycles. The molecule has 28 heavy (non-hydrogen) atoms. The summed E-state index contributed by atoms with van der Waals surface area (Å²) in [4.78, 5) is 20.2. The molecule has 0 spiro atoms. The van der Waals surface area contributed by atoms with Gasteiger partial charge in [0.05, 0.1) is 30.2 Å². The Balaban J connectivity index is 2.76. The number of hydrogen-bond donors (Lipinski definition) is 2. The molecule has 1 aromatic heterocycles. The topological polar surface area (TPSA) is 112 Å². The molecule has 2 rings (SSSR count). The summed E-state index contributed by atoms with van der Waals surface area (Å²) in [5.74, 6) is 0.423. The van der Waals surface area contributed by atoms with Gasteiger partial charge >= 0.3 is 5.97 Å². The van der Waals surface area contributed by atoms with Crippen molar-refractivity contribution in [3.05, 3.63) is 40.3 Å². The molecule has 0 aromatic carbocycles. The van der Waals surface area contributed by atoms with Crippen LogP contribution in [-0.2, 0) is 27.4 Å². The summed E-state index contributed by atoms with van der Waals surface area (Å²) in [6, 6.07) is 0. The summed E-state index contributed by atoms with van der Waals surface area (Å²) < 4.78 is 12.2. The molecule has 0 bridgehead atoms. The summed E-state index contributed by atoms with van der Waals surface area (Å²) >= 11 is 0. The van der Waals surface area contributed by atoms with Crippen LogP contribution in [0.2, 0.25) is 0 Å².